The van der Waals surface area contributed by atoms with Gasteiger partial charge in [-0.2, -0.15) is 0 Å². The third-order valence-corrected chi connectivity index (χ3v) is 7.18. The number of para-hydroxylation sites is 1. The van der Waals surface area contributed by atoms with E-state index < -0.39 is 0 Å². The van der Waals surface area contributed by atoms with E-state index in [4.69, 9.17) is 28.2 Å². The molecule has 8 heteroatoms. The number of nitrogens with zero attached hydrogens (tertiary/aromatic N) is 3. The molecule has 0 atom stereocenters. The van der Waals surface area contributed by atoms with Gasteiger partial charge in [0.1, 0.15) is 0 Å². The number of thioether (sulfide) groups is 1. The van der Waals surface area contributed by atoms with E-state index in [-0.39, 0.29) is 11.5 Å². The maximum absolute atomic E-state index is 13.3. The van der Waals surface area contributed by atoms with E-state index in [0.29, 0.717) is 38.2 Å². The molecular formula is C24H25Cl2N3O2S. The summed E-state index contributed by atoms with van der Waals surface area (Å²) in [5.41, 5.74) is 1.05. The fraction of sp³-hybridized carbons (Fsp3) is 0.375. The van der Waals surface area contributed by atoms with Gasteiger partial charge in [0.25, 0.3) is 5.56 Å². The van der Waals surface area contributed by atoms with Gasteiger partial charge in [-0.3, -0.25) is 14.2 Å². The van der Waals surface area contributed by atoms with Crippen LogP contribution in [0.25, 0.3) is 16.6 Å². The molecule has 1 fully saturated rings. The van der Waals surface area contributed by atoms with Crippen LogP contribution in [0.4, 0.5) is 0 Å². The Kier molecular flexibility index (Phi) is 7.76. The molecule has 0 spiro atoms. The average Bonchev–Trinajstić information content (AvgIpc) is 2.80. The number of halogens is 2. The van der Waals surface area contributed by atoms with Crippen molar-refractivity contribution in [2.24, 2.45) is 0 Å². The van der Waals surface area contributed by atoms with Crippen LogP contribution in [0.1, 0.15) is 38.5 Å². The van der Waals surface area contributed by atoms with Crippen LogP contribution >= 0.6 is 35.0 Å². The fourth-order valence-corrected chi connectivity index (χ4v) is 5.42. The summed E-state index contributed by atoms with van der Waals surface area (Å²) in [4.78, 5) is 32.4. The predicted molar refractivity (Wildman–Crippen MR) is 132 cm³/mol. The van der Waals surface area contributed by atoms with Crippen molar-refractivity contribution >= 4 is 51.8 Å². The van der Waals surface area contributed by atoms with Gasteiger partial charge < -0.3 is 4.90 Å². The zero-order valence-electron chi connectivity index (χ0n) is 17.7. The highest BCUT2D eigenvalue weighted by atomic mass is 35.5. The van der Waals surface area contributed by atoms with E-state index in [1.54, 1.807) is 28.8 Å². The molecule has 1 aliphatic heterocycles. The molecule has 5 nitrogen and oxygen atoms in total. The summed E-state index contributed by atoms with van der Waals surface area (Å²) in [7, 11) is 0. The van der Waals surface area contributed by atoms with Crippen molar-refractivity contribution in [2.75, 3.05) is 18.8 Å². The molecule has 2 aromatic carbocycles. The lowest BCUT2D eigenvalue weighted by atomic mass is 10.1. The van der Waals surface area contributed by atoms with Gasteiger partial charge in [-0.1, -0.05) is 47.1 Å². The molecule has 1 aliphatic rings. The van der Waals surface area contributed by atoms with Crippen LogP contribution in [0.2, 0.25) is 10.0 Å². The number of amides is 1. The molecule has 168 valence electrons. The zero-order chi connectivity index (χ0) is 22.5. The van der Waals surface area contributed by atoms with Crippen molar-refractivity contribution in [3.05, 3.63) is 62.9 Å². The monoisotopic (exact) mass is 489 g/mol. The number of piperidine rings is 1. The van der Waals surface area contributed by atoms with Crippen LogP contribution in [-0.2, 0) is 4.79 Å². The van der Waals surface area contributed by atoms with Crippen molar-refractivity contribution in [2.45, 2.75) is 43.7 Å². The predicted octanol–water partition coefficient (Wildman–Crippen LogP) is 5.97. The van der Waals surface area contributed by atoms with Gasteiger partial charge in [0.05, 0.1) is 21.6 Å². The normalized spacial score (nSPS) is 14.1. The van der Waals surface area contributed by atoms with Crippen LogP contribution in [0, 0.1) is 0 Å². The molecule has 0 saturated carbocycles. The Balaban J connectivity index is 1.50. The number of likely N-dealkylation sites (tertiary alicyclic amines) is 1. The number of aromatic nitrogens is 2. The van der Waals surface area contributed by atoms with Gasteiger partial charge in [0, 0.05) is 30.3 Å². The lowest BCUT2D eigenvalue weighted by molar-refractivity contribution is -0.132. The smallest absolute Gasteiger partial charge is 0.266 e. The summed E-state index contributed by atoms with van der Waals surface area (Å²) in [6.07, 6.45) is 5.70. The molecule has 32 heavy (non-hydrogen) atoms. The Labute approximate surface area is 201 Å². The lowest BCUT2D eigenvalue weighted by Crippen LogP contribution is -2.35. The molecule has 0 N–H and O–H groups in total. The summed E-state index contributed by atoms with van der Waals surface area (Å²) >= 11 is 14.0. The minimum absolute atomic E-state index is 0.164. The van der Waals surface area contributed by atoms with Crippen molar-refractivity contribution in [1.82, 2.24) is 14.5 Å². The molecule has 3 aromatic rings. The Morgan fingerprint density at radius 3 is 2.59 bits per heavy atom. The van der Waals surface area contributed by atoms with E-state index in [1.807, 2.05) is 23.1 Å². The third kappa shape index (κ3) is 5.30. The Morgan fingerprint density at radius 1 is 1.03 bits per heavy atom. The maximum atomic E-state index is 13.3. The number of hydrogen-bond acceptors (Lipinski definition) is 4. The number of benzene rings is 2. The van der Waals surface area contributed by atoms with Crippen LogP contribution in [0.3, 0.4) is 0 Å². The minimum atomic E-state index is -0.164. The zero-order valence-corrected chi connectivity index (χ0v) is 20.1. The van der Waals surface area contributed by atoms with E-state index >= 15 is 0 Å². The molecular weight excluding hydrogens is 465 g/mol. The number of carbonyl (C=O) groups excluding carboxylic acids is 1. The molecule has 4 rings (SSSR count). The maximum Gasteiger partial charge on any atom is 0.266 e. The minimum Gasteiger partial charge on any atom is -0.343 e. The SMILES string of the molecule is O=C(CCCCSc1nc2ccccc2c(=O)n1-c1ccc(Cl)cc1Cl)N1CCCCC1. The first kappa shape index (κ1) is 23.1. The highest BCUT2D eigenvalue weighted by molar-refractivity contribution is 7.99. The highest BCUT2D eigenvalue weighted by Gasteiger charge is 2.17. The molecule has 0 radical (unpaired) electrons. The average molecular weight is 490 g/mol. The van der Waals surface area contributed by atoms with E-state index in [9.17, 15) is 9.59 Å². The van der Waals surface area contributed by atoms with Crippen LogP contribution in [0.15, 0.2) is 52.4 Å². The first-order valence-corrected chi connectivity index (χ1v) is 12.7. The van der Waals surface area contributed by atoms with Gasteiger partial charge in [-0.05, 0) is 62.4 Å². The summed E-state index contributed by atoms with van der Waals surface area (Å²) in [6.45, 7) is 1.78. The van der Waals surface area contributed by atoms with Crippen LogP contribution in [-0.4, -0.2) is 39.2 Å². The lowest BCUT2D eigenvalue weighted by Gasteiger charge is -2.26. The molecule has 1 aromatic heterocycles. The summed E-state index contributed by atoms with van der Waals surface area (Å²) in [5, 5.41) is 2.02. The van der Waals surface area contributed by atoms with Gasteiger partial charge in [-0.15, -0.1) is 0 Å². The highest BCUT2D eigenvalue weighted by Crippen LogP contribution is 2.28. The Bertz CT molecular complexity index is 1180. The molecule has 1 saturated heterocycles. The first-order chi connectivity index (χ1) is 15.5. The molecule has 1 amide bonds. The second kappa shape index (κ2) is 10.7. The van der Waals surface area contributed by atoms with Crippen molar-refractivity contribution in [3.63, 3.8) is 0 Å². The molecule has 0 bridgehead atoms. The number of rotatable bonds is 7. The number of fused-ring (bicyclic) bond motifs is 1. The molecule has 0 unspecified atom stereocenters. The first-order valence-electron chi connectivity index (χ1n) is 10.9. The summed E-state index contributed by atoms with van der Waals surface area (Å²) in [5.74, 6) is 1.01. The second-order valence-electron chi connectivity index (χ2n) is 7.89. The second-order valence-corrected chi connectivity index (χ2v) is 9.80. The number of hydrogen-bond donors (Lipinski definition) is 0. The van der Waals surface area contributed by atoms with Gasteiger partial charge in [0.15, 0.2) is 5.16 Å². The summed E-state index contributed by atoms with van der Waals surface area (Å²) in [6, 6.07) is 12.4. The van der Waals surface area contributed by atoms with Gasteiger partial charge in [-0.25, -0.2) is 4.98 Å². The Hall–Kier alpha value is -2.02. The van der Waals surface area contributed by atoms with E-state index in [0.717, 1.165) is 44.5 Å². The van der Waals surface area contributed by atoms with Crippen molar-refractivity contribution in [1.29, 1.82) is 0 Å². The topological polar surface area (TPSA) is 55.2 Å². The van der Waals surface area contributed by atoms with Crippen molar-refractivity contribution < 1.29 is 4.79 Å². The Morgan fingerprint density at radius 2 is 1.81 bits per heavy atom. The van der Waals surface area contributed by atoms with Crippen LogP contribution in [0.5, 0.6) is 0 Å². The largest absolute Gasteiger partial charge is 0.343 e. The standard InChI is InChI=1S/C24H25Cl2N3O2S/c25-17-11-12-21(19(26)16-17)29-23(31)18-8-2-3-9-20(18)27-24(29)32-15-7-4-10-22(30)28-13-5-1-6-14-28/h2-3,8-9,11-12,16H,1,4-7,10,13-15H2. The fourth-order valence-electron chi connectivity index (χ4n) is 3.93. The van der Waals surface area contributed by atoms with Gasteiger partial charge in [0.2, 0.25) is 5.91 Å². The van der Waals surface area contributed by atoms with Gasteiger partial charge >= 0.3 is 0 Å². The quantitative estimate of drug-likeness (QED) is 0.233. The third-order valence-electron chi connectivity index (χ3n) is 5.62. The summed E-state index contributed by atoms with van der Waals surface area (Å²) < 4.78 is 1.56. The molecule has 0 aliphatic carbocycles. The number of unbranched alkanes of at least 4 members (excludes halogenated alkanes) is 1. The molecule has 2 heterocycles. The van der Waals surface area contributed by atoms with E-state index in [1.165, 1.54) is 18.2 Å². The van der Waals surface area contributed by atoms with Crippen LogP contribution < -0.4 is 5.56 Å². The van der Waals surface area contributed by atoms with Crippen molar-refractivity contribution in [3.8, 4) is 5.69 Å². The van der Waals surface area contributed by atoms with E-state index in [2.05, 4.69) is 0 Å². The number of carbonyl (C=O) groups is 1.